The summed E-state index contributed by atoms with van der Waals surface area (Å²) < 4.78 is 2.30. The van der Waals surface area contributed by atoms with Crippen molar-refractivity contribution in [3.8, 4) is 27.9 Å². The first-order valence-electron chi connectivity index (χ1n) is 11.4. The van der Waals surface area contributed by atoms with Gasteiger partial charge in [-0.3, -0.25) is 0 Å². The van der Waals surface area contributed by atoms with Gasteiger partial charge in [-0.05, 0) is 102 Å². The number of fused-ring (bicyclic) bond motifs is 3. The van der Waals surface area contributed by atoms with Crippen molar-refractivity contribution in [1.29, 1.82) is 0 Å². The van der Waals surface area contributed by atoms with Gasteiger partial charge < -0.3 is 4.57 Å². The zero-order valence-electron chi connectivity index (χ0n) is 19.2. The first kappa shape index (κ1) is 23.5. The minimum Gasteiger partial charge on any atom is -0.309 e. The van der Waals surface area contributed by atoms with Crippen LogP contribution in [0, 0.1) is 6.92 Å². The Morgan fingerprint density at radius 1 is 0.444 bits per heavy atom. The Balaban J connectivity index is 1.65. The number of halogens is 4. The van der Waals surface area contributed by atoms with Gasteiger partial charge in [0.15, 0.2) is 0 Å². The monoisotopic (exact) mass is 545 g/mol. The topological polar surface area (TPSA) is 4.93 Å². The highest BCUT2D eigenvalue weighted by molar-refractivity contribution is 6.35. The lowest BCUT2D eigenvalue weighted by molar-refractivity contribution is 1.17. The highest BCUT2D eigenvalue weighted by Crippen LogP contribution is 2.38. The normalized spacial score (nSPS) is 11.5. The van der Waals surface area contributed by atoms with Crippen molar-refractivity contribution in [2.45, 2.75) is 6.92 Å². The van der Waals surface area contributed by atoms with Crippen LogP contribution in [0.15, 0.2) is 97.1 Å². The lowest BCUT2D eigenvalue weighted by Gasteiger charge is -2.09. The predicted molar refractivity (Wildman–Crippen MR) is 156 cm³/mol. The number of aryl methyl sites for hydroxylation is 1. The molecule has 5 aromatic carbocycles. The Labute approximate surface area is 229 Å². The van der Waals surface area contributed by atoms with Crippen LogP contribution in [0.5, 0.6) is 0 Å². The second-order valence-corrected chi connectivity index (χ2v) is 10.7. The molecule has 0 spiro atoms. The summed E-state index contributed by atoms with van der Waals surface area (Å²) in [6, 6.07) is 32.8. The molecule has 1 nitrogen and oxygen atoms in total. The molecule has 176 valence electrons. The largest absolute Gasteiger partial charge is 0.309 e. The number of nitrogens with zero attached hydrogens (tertiary/aromatic N) is 1. The lowest BCUT2D eigenvalue weighted by Crippen LogP contribution is -1.93. The Hall–Kier alpha value is -2.94. The van der Waals surface area contributed by atoms with Crippen LogP contribution in [-0.4, -0.2) is 4.57 Å². The first-order chi connectivity index (χ1) is 17.4. The van der Waals surface area contributed by atoms with Gasteiger partial charge in [-0.1, -0.05) is 76.2 Å². The van der Waals surface area contributed by atoms with Gasteiger partial charge in [-0.2, -0.15) is 0 Å². The van der Waals surface area contributed by atoms with Crippen LogP contribution in [-0.2, 0) is 0 Å². The summed E-state index contributed by atoms with van der Waals surface area (Å²) in [5, 5.41) is 4.71. The van der Waals surface area contributed by atoms with Gasteiger partial charge >= 0.3 is 0 Å². The van der Waals surface area contributed by atoms with E-state index in [2.05, 4.69) is 72.2 Å². The van der Waals surface area contributed by atoms with E-state index in [-0.39, 0.29) is 0 Å². The van der Waals surface area contributed by atoms with Crippen LogP contribution in [0.4, 0.5) is 0 Å². The molecular weight excluding hydrogens is 528 g/mol. The van der Waals surface area contributed by atoms with Crippen molar-refractivity contribution in [3.05, 3.63) is 123 Å². The van der Waals surface area contributed by atoms with E-state index in [1.165, 1.54) is 5.56 Å². The highest BCUT2D eigenvalue weighted by Gasteiger charge is 2.15. The van der Waals surface area contributed by atoms with Crippen LogP contribution in [0.3, 0.4) is 0 Å². The average Bonchev–Trinajstić information content (AvgIpc) is 3.16. The molecule has 1 aromatic heterocycles. The van der Waals surface area contributed by atoms with Crippen LogP contribution in [0.2, 0.25) is 20.1 Å². The third-order valence-corrected chi connectivity index (χ3v) is 7.32. The maximum Gasteiger partial charge on any atom is 0.0541 e. The van der Waals surface area contributed by atoms with Crippen molar-refractivity contribution in [2.24, 2.45) is 0 Å². The molecule has 6 aromatic rings. The SMILES string of the molecule is Cc1ccc(-n2c3ccc(-c4cc(Cl)cc(Cl)c4)cc3c3cc(-c4cc(Cl)cc(Cl)c4)ccc32)cc1. The highest BCUT2D eigenvalue weighted by atomic mass is 35.5. The lowest BCUT2D eigenvalue weighted by atomic mass is 10.0. The first-order valence-corrected chi connectivity index (χ1v) is 13.0. The van der Waals surface area contributed by atoms with Gasteiger partial charge in [-0.25, -0.2) is 0 Å². The summed E-state index contributed by atoms with van der Waals surface area (Å²) in [4.78, 5) is 0. The second kappa shape index (κ2) is 9.18. The van der Waals surface area contributed by atoms with E-state index in [1.807, 2.05) is 24.3 Å². The van der Waals surface area contributed by atoms with E-state index >= 15 is 0 Å². The molecule has 0 aliphatic heterocycles. The Morgan fingerprint density at radius 3 is 1.28 bits per heavy atom. The zero-order chi connectivity index (χ0) is 25.0. The van der Waals surface area contributed by atoms with Crippen LogP contribution in [0.1, 0.15) is 5.56 Å². The summed E-state index contributed by atoms with van der Waals surface area (Å²) in [6.45, 7) is 2.10. The van der Waals surface area contributed by atoms with Gasteiger partial charge in [0.2, 0.25) is 0 Å². The molecule has 0 saturated heterocycles. The molecule has 0 saturated carbocycles. The fraction of sp³-hybridized carbons (Fsp3) is 0.0323. The van der Waals surface area contributed by atoms with Gasteiger partial charge in [0.05, 0.1) is 11.0 Å². The molecule has 0 N–H and O–H groups in total. The average molecular weight is 547 g/mol. The molecule has 0 amide bonds. The summed E-state index contributed by atoms with van der Waals surface area (Å²) >= 11 is 25.3. The molecule has 0 unspecified atom stereocenters. The van der Waals surface area contributed by atoms with Crippen molar-refractivity contribution in [3.63, 3.8) is 0 Å². The molecule has 0 bridgehead atoms. The predicted octanol–water partition coefficient (Wildman–Crippen LogP) is 11.0. The van der Waals surface area contributed by atoms with Crippen molar-refractivity contribution < 1.29 is 0 Å². The molecular formula is C31H19Cl4N. The second-order valence-electron chi connectivity index (χ2n) is 8.95. The van der Waals surface area contributed by atoms with Gasteiger partial charge in [-0.15, -0.1) is 0 Å². The third-order valence-electron chi connectivity index (χ3n) is 6.45. The Kier molecular flexibility index (Phi) is 5.98. The van der Waals surface area contributed by atoms with Crippen molar-refractivity contribution >= 4 is 68.2 Å². The minimum absolute atomic E-state index is 0.611. The fourth-order valence-corrected chi connectivity index (χ4v) is 5.85. The summed E-state index contributed by atoms with van der Waals surface area (Å²) in [5.41, 5.74) is 8.61. The van der Waals surface area contributed by atoms with E-state index in [4.69, 9.17) is 46.4 Å². The van der Waals surface area contributed by atoms with Gasteiger partial charge in [0.25, 0.3) is 0 Å². The third kappa shape index (κ3) is 4.27. The summed E-state index contributed by atoms with van der Waals surface area (Å²) in [7, 11) is 0. The van der Waals surface area contributed by atoms with E-state index < -0.39 is 0 Å². The van der Waals surface area contributed by atoms with Crippen molar-refractivity contribution in [1.82, 2.24) is 4.57 Å². The molecule has 36 heavy (non-hydrogen) atoms. The molecule has 6 rings (SSSR count). The maximum absolute atomic E-state index is 6.31. The van der Waals surface area contributed by atoms with E-state index in [9.17, 15) is 0 Å². The fourth-order valence-electron chi connectivity index (χ4n) is 4.80. The molecule has 5 heteroatoms. The molecule has 0 aliphatic rings. The molecule has 0 fully saturated rings. The molecule has 0 radical (unpaired) electrons. The minimum atomic E-state index is 0.611. The number of rotatable bonds is 3. The Morgan fingerprint density at radius 2 is 0.861 bits per heavy atom. The standard InChI is InChI=1S/C31H19Cl4N/c1-18-2-6-27(7-3-18)36-30-8-4-19(21-10-23(32)16-24(33)11-21)14-28(30)29-15-20(5-9-31(29)36)22-12-25(34)17-26(35)13-22/h2-17H,1H3. The van der Waals surface area contributed by atoms with Gasteiger partial charge in [0, 0.05) is 36.6 Å². The number of benzene rings is 5. The molecule has 1 heterocycles. The summed E-state index contributed by atoms with van der Waals surface area (Å²) in [6.07, 6.45) is 0. The maximum atomic E-state index is 6.31. The van der Waals surface area contributed by atoms with E-state index in [0.717, 1.165) is 49.7 Å². The number of hydrogen-bond donors (Lipinski definition) is 0. The van der Waals surface area contributed by atoms with E-state index in [0.29, 0.717) is 20.1 Å². The Bertz CT molecular complexity index is 1630. The molecule has 0 aliphatic carbocycles. The summed E-state index contributed by atoms with van der Waals surface area (Å²) in [5.74, 6) is 0. The smallest absolute Gasteiger partial charge is 0.0541 e. The number of aromatic nitrogens is 1. The van der Waals surface area contributed by atoms with Crippen LogP contribution < -0.4 is 0 Å². The quantitative estimate of drug-likeness (QED) is 0.208. The van der Waals surface area contributed by atoms with Crippen LogP contribution >= 0.6 is 46.4 Å². The van der Waals surface area contributed by atoms with Crippen molar-refractivity contribution in [2.75, 3.05) is 0 Å². The van der Waals surface area contributed by atoms with Gasteiger partial charge in [0.1, 0.15) is 0 Å². The molecule has 0 atom stereocenters. The van der Waals surface area contributed by atoms with Crippen LogP contribution in [0.25, 0.3) is 49.7 Å². The number of hydrogen-bond acceptors (Lipinski definition) is 0. The zero-order valence-corrected chi connectivity index (χ0v) is 22.2. The van der Waals surface area contributed by atoms with E-state index in [1.54, 1.807) is 12.1 Å².